The van der Waals surface area contributed by atoms with E-state index in [4.69, 9.17) is 0 Å². The molecule has 0 nitrogen and oxygen atoms in total. The molecule has 4 rings (SSSR count). The molecular weight excluding hydrogens is 408 g/mol. The second-order valence-electron chi connectivity index (χ2n) is 7.20. The fraction of sp³-hybridized carbons (Fsp3) is 0.167. The molecule has 0 radical (unpaired) electrons. The maximum Gasteiger partial charge on any atom is 4.00 e. The van der Waals surface area contributed by atoms with Crippen molar-refractivity contribution in [2.45, 2.75) is 26.9 Å². The molecule has 0 fully saturated rings. The molecule has 0 atom stereocenters. The Labute approximate surface area is 179 Å². The Morgan fingerprint density at radius 1 is 0.654 bits per heavy atom. The summed E-state index contributed by atoms with van der Waals surface area (Å²) in [6.45, 7) is 9.59. The first-order valence-corrected chi connectivity index (χ1v) is 11.3. The third kappa shape index (κ3) is 3.35. The van der Waals surface area contributed by atoms with Gasteiger partial charge >= 0.3 is 26.2 Å². The summed E-state index contributed by atoms with van der Waals surface area (Å²) in [6.07, 6.45) is 0. The van der Waals surface area contributed by atoms with Gasteiger partial charge < -0.3 is 14.9 Å². The van der Waals surface area contributed by atoms with E-state index in [2.05, 4.69) is 87.6 Å². The van der Waals surface area contributed by atoms with Crippen molar-refractivity contribution in [2.75, 3.05) is 0 Å². The fourth-order valence-corrected chi connectivity index (χ4v) is 8.69. The Hall–Kier alpha value is -1.24. The zero-order valence-electron chi connectivity index (χ0n) is 16.8. The molecule has 26 heavy (non-hydrogen) atoms. The molecule has 0 amide bonds. The largest absolute Gasteiger partial charge is 4.00 e. The standard InChI is InChI=1S/C22H22Si.2CH3.Zr/c1-15-13-17-9-5-7-11-19(17)21(15)23(3,4)22-16(2)14-18-10-6-8-12-20(18)22;;;/h5-14H,1-4H3;2*1H3;/q-2;2*-1;+4. The van der Waals surface area contributed by atoms with Crippen molar-refractivity contribution in [1.82, 2.24) is 0 Å². The van der Waals surface area contributed by atoms with Gasteiger partial charge in [-0.25, -0.2) is 0 Å². The molecule has 0 N–H and O–H groups in total. The van der Waals surface area contributed by atoms with Crippen LogP contribution in [-0.2, 0) is 26.2 Å². The summed E-state index contributed by atoms with van der Waals surface area (Å²) in [5, 5.41) is 8.88. The molecule has 0 aliphatic heterocycles. The van der Waals surface area contributed by atoms with Crippen LogP contribution < -0.4 is 10.4 Å². The topological polar surface area (TPSA) is 0 Å². The summed E-state index contributed by atoms with van der Waals surface area (Å²) in [6, 6.07) is 22.4. The molecule has 132 valence electrons. The maximum absolute atomic E-state index is 2.51. The van der Waals surface area contributed by atoms with E-state index in [9.17, 15) is 0 Å². The van der Waals surface area contributed by atoms with Crippen LogP contribution in [0.25, 0.3) is 21.5 Å². The first-order valence-electron chi connectivity index (χ1n) is 8.31. The summed E-state index contributed by atoms with van der Waals surface area (Å²) < 4.78 is 0. The van der Waals surface area contributed by atoms with Crippen LogP contribution in [0.2, 0.25) is 13.1 Å². The number of benzene rings is 2. The van der Waals surface area contributed by atoms with Gasteiger partial charge in [0, 0.05) is 8.07 Å². The quantitative estimate of drug-likeness (QED) is 0.277. The van der Waals surface area contributed by atoms with Crippen LogP contribution in [0, 0.1) is 28.7 Å². The minimum Gasteiger partial charge on any atom is -0.358 e. The van der Waals surface area contributed by atoms with E-state index < -0.39 is 8.07 Å². The normalized spacial score (nSPS) is 10.9. The van der Waals surface area contributed by atoms with Gasteiger partial charge in [0.2, 0.25) is 0 Å². The number of hydrogen-bond donors (Lipinski definition) is 0. The number of hydrogen-bond acceptors (Lipinski definition) is 0. The molecule has 0 spiro atoms. The van der Waals surface area contributed by atoms with E-state index in [0.717, 1.165) is 0 Å². The molecular formula is C24H28SiZr. The van der Waals surface area contributed by atoms with Crippen LogP contribution in [0.5, 0.6) is 0 Å². The molecule has 2 heteroatoms. The van der Waals surface area contributed by atoms with E-state index in [0.29, 0.717) is 0 Å². The monoisotopic (exact) mass is 434 g/mol. The van der Waals surface area contributed by atoms with Gasteiger partial charge in [-0.1, -0.05) is 39.1 Å². The summed E-state index contributed by atoms with van der Waals surface area (Å²) in [4.78, 5) is 0. The fourth-order valence-electron chi connectivity index (χ4n) is 4.52. The summed E-state index contributed by atoms with van der Waals surface area (Å²) in [7, 11) is -1.77. The van der Waals surface area contributed by atoms with Crippen LogP contribution in [0.1, 0.15) is 11.1 Å². The summed E-state index contributed by atoms with van der Waals surface area (Å²) >= 11 is 0. The second kappa shape index (κ2) is 8.19. The molecule has 0 bridgehead atoms. The third-order valence-corrected chi connectivity index (χ3v) is 9.07. The Morgan fingerprint density at radius 3 is 1.38 bits per heavy atom. The first-order chi connectivity index (χ1) is 11.0. The van der Waals surface area contributed by atoms with Crippen molar-refractivity contribution < 1.29 is 26.2 Å². The van der Waals surface area contributed by atoms with Gasteiger partial charge in [-0.3, -0.25) is 0 Å². The van der Waals surface area contributed by atoms with Crippen molar-refractivity contribution in [3.63, 3.8) is 0 Å². The molecule has 0 aliphatic rings. The molecule has 0 saturated carbocycles. The minimum absolute atomic E-state index is 0. The maximum atomic E-state index is 2.51. The van der Waals surface area contributed by atoms with Gasteiger partial charge in [-0.15, -0.1) is 81.2 Å². The van der Waals surface area contributed by atoms with E-state index in [-0.39, 0.29) is 41.1 Å². The molecule has 0 heterocycles. The smallest absolute Gasteiger partial charge is 0.358 e. The van der Waals surface area contributed by atoms with Crippen LogP contribution in [-0.4, -0.2) is 8.07 Å². The van der Waals surface area contributed by atoms with Gasteiger partial charge in [-0.2, -0.15) is 10.4 Å². The number of rotatable bonds is 2. The van der Waals surface area contributed by atoms with Crippen molar-refractivity contribution in [3.8, 4) is 0 Å². The number of aryl methyl sites for hydroxylation is 2. The molecule has 0 saturated heterocycles. The zero-order valence-corrected chi connectivity index (χ0v) is 20.2. The van der Waals surface area contributed by atoms with Crippen LogP contribution >= 0.6 is 0 Å². The SMILES string of the molecule is Cc1[cH-]c2ccccc2c1[Si](C)(C)c1c(C)[cH-]c2ccccc12.[CH3-].[CH3-].[Zr+4]. The molecule has 0 aliphatic carbocycles. The van der Waals surface area contributed by atoms with Crippen molar-refractivity contribution >= 4 is 40.0 Å². The third-order valence-electron chi connectivity index (χ3n) is 5.24. The Kier molecular flexibility index (Phi) is 7.18. The van der Waals surface area contributed by atoms with Crippen LogP contribution in [0.4, 0.5) is 0 Å². The Morgan fingerprint density at radius 2 is 1.00 bits per heavy atom. The number of fused-ring (bicyclic) bond motifs is 2. The van der Waals surface area contributed by atoms with Crippen molar-refractivity contribution in [3.05, 3.63) is 86.6 Å². The second-order valence-corrected chi connectivity index (χ2v) is 11.5. The van der Waals surface area contributed by atoms with E-state index in [1.54, 1.807) is 10.4 Å². The molecule has 4 aromatic rings. The predicted octanol–water partition coefficient (Wildman–Crippen LogP) is 5.77. The van der Waals surface area contributed by atoms with Gasteiger partial charge in [0.05, 0.1) is 0 Å². The van der Waals surface area contributed by atoms with Crippen molar-refractivity contribution in [2.24, 2.45) is 0 Å². The van der Waals surface area contributed by atoms with E-state index in [1.165, 1.54) is 32.7 Å². The van der Waals surface area contributed by atoms with Gasteiger partial charge in [0.15, 0.2) is 0 Å². The summed E-state index contributed by atoms with van der Waals surface area (Å²) in [5.41, 5.74) is 2.90. The van der Waals surface area contributed by atoms with Crippen molar-refractivity contribution in [1.29, 1.82) is 0 Å². The van der Waals surface area contributed by atoms with E-state index in [1.807, 2.05) is 0 Å². The predicted molar refractivity (Wildman–Crippen MR) is 118 cm³/mol. The van der Waals surface area contributed by atoms with Crippen LogP contribution in [0.15, 0.2) is 60.7 Å². The van der Waals surface area contributed by atoms with Gasteiger partial charge in [-0.05, 0) is 0 Å². The molecule has 0 unspecified atom stereocenters. The Balaban J connectivity index is 0.00000113. The zero-order chi connectivity index (χ0) is 16.2. The average molecular weight is 436 g/mol. The Bertz CT molecular complexity index is 935. The van der Waals surface area contributed by atoms with Gasteiger partial charge in [0.1, 0.15) is 0 Å². The van der Waals surface area contributed by atoms with E-state index >= 15 is 0 Å². The first kappa shape index (κ1) is 22.8. The summed E-state index contributed by atoms with van der Waals surface area (Å²) in [5.74, 6) is 0. The molecule has 0 aromatic heterocycles. The van der Waals surface area contributed by atoms with Crippen LogP contribution in [0.3, 0.4) is 0 Å². The van der Waals surface area contributed by atoms with Gasteiger partial charge in [0.25, 0.3) is 0 Å². The average Bonchev–Trinajstić information content (AvgIpc) is 3.02. The minimum atomic E-state index is -1.77. The molecule has 4 aromatic carbocycles.